The molecule has 0 spiro atoms. The zero-order valence-corrected chi connectivity index (χ0v) is 11.4. The molecule has 19 heavy (non-hydrogen) atoms. The van der Waals surface area contributed by atoms with Crippen LogP contribution in [0.15, 0.2) is 12.4 Å². The van der Waals surface area contributed by atoms with Crippen LogP contribution in [0.1, 0.15) is 30.3 Å². The number of piperidine rings is 1. The van der Waals surface area contributed by atoms with Gasteiger partial charge in [0.15, 0.2) is 5.69 Å². The quantitative estimate of drug-likeness (QED) is 0.814. The van der Waals surface area contributed by atoms with Crippen molar-refractivity contribution in [2.24, 2.45) is 11.7 Å². The van der Waals surface area contributed by atoms with E-state index in [4.69, 9.17) is 5.73 Å². The zero-order valence-electron chi connectivity index (χ0n) is 11.4. The first-order valence-electron chi connectivity index (χ1n) is 6.52. The van der Waals surface area contributed by atoms with Gasteiger partial charge < -0.3 is 15.4 Å². The Bertz CT molecular complexity index is 452. The summed E-state index contributed by atoms with van der Waals surface area (Å²) >= 11 is 0. The smallest absolute Gasteiger partial charge is 0.358 e. The second-order valence-corrected chi connectivity index (χ2v) is 4.93. The third kappa shape index (κ3) is 3.01. The van der Waals surface area contributed by atoms with Gasteiger partial charge >= 0.3 is 5.97 Å². The Labute approximate surface area is 113 Å². The first-order valence-corrected chi connectivity index (χ1v) is 6.52. The van der Waals surface area contributed by atoms with Crippen LogP contribution in [0.2, 0.25) is 0 Å². The molecule has 2 heterocycles. The number of hydrogen-bond acceptors (Lipinski definition) is 6. The van der Waals surface area contributed by atoms with E-state index in [1.165, 1.54) is 13.3 Å². The normalized spacial score (nSPS) is 23.2. The van der Waals surface area contributed by atoms with Crippen molar-refractivity contribution in [1.82, 2.24) is 9.97 Å². The van der Waals surface area contributed by atoms with E-state index in [9.17, 15) is 4.79 Å². The second-order valence-electron chi connectivity index (χ2n) is 4.93. The van der Waals surface area contributed by atoms with Gasteiger partial charge in [-0.1, -0.05) is 0 Å². The Kier molecular flexibility index (Phi) is 4.31. The molecule has 1 saturated heterocycles. The fourth-order valence-corrected chi connectivity index (χ4v) is 2.39. The van der Waals surface area contributed by atoms with Crippen LogP contribution in [0.25, 0.3) is 0 Å². The monoisotopic (exact) mass is 264 g/mol. The zero-order chi connectivity index (χ0) is 13.8. The Hall–Kier alpha value is -1.69. The molecule has 0 saturated carbocycles. The minimum Gasteiger partial charge on any atom is -0.464 e. The lowest BCUT2D eigenvalue weighted by Gasteiger charge is -2.38. The van der Waals surface area contributed by atoms with Crippen LogP contribution in [0.4, 0.5) is 5.82 Å². The summed E-state index contributed by atoms with van der Waals surface area (Å²) in [5.41, 5.74) is 5.99. The highest BCUT2D eigenvalue weighted by Gasteiger charge is 2.26. The lowest BCUT2D eigenvalue weighted by Crippen LogP contribution is -2.44. The first kappa shape index (κ1) is 13.7. The summed E-state index contributed by atoms with van der Waals surface area (Å²) in [6.45, 7) is 3.68. The topological polar surface area (TPSA) is 81.3 Å². The summed E-state index contributed by atoms with van der Waals surface area (Å²) in [6.07, 6.45) is 5.32. The van der Waals surface area contributed by atoms with E-state index < -0.39 is 5.97 Å². The van der Waals surface area contributed by atoms with Gasteiger partial charge in [-0.3, -0.25) is 4.98 Å². The molecule has 2 N–H and O–H groups in total. The number of methoxy groups -OCH3 is 1. The van der Waals surface area contributed by atoms with Crippen molar-refractivity contribution in [2.75, 3.05) is 25.1 Å². The van der Waals surface area contributed by atoms with E-state index >= 15 is 0 Å². The summed E-state index contributed by atoms with van der Waals surface area (Å²) < 4.78 is 4.67. The molecule has 2 rings (SSSR count). The molecular formula is C13H20N4O2. The van der Waals surface area contributed by atoms with Gasteiger partial charge in [-0.05, 0) is 32.2 Å². The lowest BCUT2D eigenvalue weighted by atomic mass is 9.93. The van der Waals surface area contributed by atoms with Crippen LogP contribution in [-0.4, -0.2) is 42.2 Å². The summed E-state index contributed by atoms with van der Waals surface area (Å²) in [4.78, 5) is 22.1. The minimum atomic E-state index is -0.464. The molecule has 1 aliphatic rings. The minimum absolute atomic E-state index is 0.238. The van der Waals surface area contributed by atoms with E-state index in [1.54, 1.807) is 6.20 Å². The van der Waals surface area contributed by atoms with Gasteiger partial charge in [-0.25, -0.2) is 9.78 Å². The van der Waals surface area contributed by atoms with E-state index in [2.05, 4.69) is 26.5 Å². The average molecular weight is 264 g/mol. The largest absolute Gasteiger partial charge is 0.464 e. The molecular weight excluding hydrogens is 244 g/mol. The number of carbonyl (C=O) groups is 1. The number of hydrogen-bond donors (Lipinski definition) is 1. The Morgan fingerprint density at radius 2 is 2.32 bits per heavy atom. The van der Waals surface area contributed by atoms with E-state index in [1.807, 2.05) is 0 Å². The molecule has 2 atom stereocenters. The van der Waals surface area contributed by atoms with Crippen molar-refractivity contribution in [3.8, 4) is 0 Å². The van der Waals surface area contributed by atoms with Gasteiger partial charge in [-0.15, -0.1) is 0 Å². The molecule has 0 bridgehead atoms. The number of carbonyl (C=O) groups excluding carboxylic acids is 1. The maximum atomic E-state index is 11.5. The number of rotatable bonds is 3. The number of esters is 1. The highest BCUT2D eigenvalue weighted by Crippen LogP contribution is 2.25. The average Bonchev–Trinajstić information content (AvgIpc) is 2.47. The van der Waals surface area contributed by atoms with Crippen LogP contribution < -0.4 is 10.6 Å². The predicted octanol–water partition coefficient (Wildman–Crippen LogP) is 0.827. The summed E-state index contributed by atoms with van der Waals surface area (Å²) in [5, 5.41) is 0. The van der Waals surface area contributed by atoms with Gasteiger partial charge in [0.05, 0.1) is 19.5 Å². The molecule has 2 unspecified atom stereocenters. The Morgan fingerprint density at radius 1 is 1.53 bits per heavy atom. The van der Waals surface area contributed by atoms with Crippen molar-refractivity contribution in [2.45, 2.75) is 25.8 Å². The van der Waals surface area contributed by atoms with Crippen LogP contribution in [0, 0.1) is 5.92 Å². The maximum absolute atomic E-state index is 11.5. The number of nitrogens with two attached hydrogens (primary N) is 1. The summed E-state index contributed by atoms with van der Waals surface area (Å²) in [6, 6.07) is 0.380. The highest BCUT2D eigenvalue weighted by atomic mass is 16.5. The molecule has 6 nitrogen and oxygen atoms in total. The van der Waals surface area contributed by atoms with Gasteiger partial charge in [-0.2, -0.15) is 0 Å². The third-order valence-electron chi connectivity index (χ3n) is 3.62. The van der Waals surface area contributed by atoms with E-state index in [0.717, 1.165) is 19.4 Å². The van der Waals surface area contributed by atoms with Gasteiger partial charge in [0.2, 0.25) is 0 Å². The molecule has 0 aromatic carbocycles. The Morgan fingerprint density at radius 3 is 3.00 bits per heavy atom. The van der Waals surface area contributed by atoms with E-state index in [-0.39, 0.29) is 5.69 Å². The van der Waals surface area contributed by atoms with E-state index in [0.29, 0.717) is 24.3 Å². The SMILES string of the molecule is COC(=O)c1cncc(N2CC(CN)CCC2C)n1. The van der Waals surface area contributed by atoms with Crippen molar-refractivity contribution >= 4 is 11.8 Å². The molecule has 1 aliphatic heterocycles. The van der Waals surface area contributed by atoms with Crippen molar-refractivity contribution < 1.29 is 9.53 Å². The maximum Gasteiger partial charge on any atom is 0.358 e. The number of anilines is 1. The van der Waals surface area contributed by atoms with Crippen LogP contribution in [0.5, 0.6) is 0 Å². The van der Waals surface area contributed by atoms with Gasteiger partial charge in [0.25, 0.3) is 0 Å². The molecule has 6 heteroatoms. The number of aromatic nitrogens is 2. The second kappa shape index (κ2) is 5.97. The number of ether oxygens (including phenoxy) is 1. The van der Waals surface area contributed by atoms with Crippen LogP contribution >= 0.6 is 0 Å². The molecule has 0 radical (unpaired) electrons. The molecule has 0 aliphatic carbocycles. The van der Waals surface area contributed by atoms with Crippen molar-refractivity contribution in [1.29, 1.82) is 0 Å². The summed E-state index contributed by atoms with van der Waals surface area (Å²) in [5.74, 6) is 0.725. The fraction of sp³-hybridized carbons (Fsp3) is 0.615. The van der Waals surface area contributed by atoms with Gasteiger partial charge in [0, 0.05) is 12.6 Å². The first-order chi connectivity index (χ1) is 9.15. The molecule has 104 valence electrons. The summed E-state index contributed by atoms with van der Waals surface area (Å²) in [7, 11) is 1.34. The van der Waals surface area contributed by atoms with Crippen molar-refractivity contribution in [3.05, 3.63) is 18.1 Å². The molecule has 1 aromatic rings. The number of nitrogens with zero attached hydrogens (tertiary/aromatic N) is 3. The van der Waals surface area contributed by atoms with Crippen LogP contribution in [-0.2, 0) is 4.74 Å². The molecule has 0 amide bonds. The third-order valence-corrected chi connectivity index (χ3v) is 3.62. The van der Waals surface area contributed by atoms with Gasteiger partial charge in [0.1, 0.15) is 5.82 Å². The lowest BCUT2D eigenvalue weighted by molar-refractivity contribution is 0.0593. The molecule has 1 fully saturated rings. The van der Waals surface area contributed by atoms with Crippen LogP contribution in [0.3, 0.4) is 0 Å². The Balaban J connectivity index is 2.22. The highest BCUT2D eigenvalue weighted by molar-refractivity contribution is 5.87. The fourth-order valence-electron chi connectivity index (χ4n) is 2.39. The van der Waals surface area contributed by atoms with Crippen molar-refractivity contribution in [3.63, 3.8) is 0 Å². The molecule has 1 aromatic heterocycles. The predicted molar refractivity (Wildman–Crippen MR) is 72.0 cm³/mol. The standard InChI is InChI=1S/C13H20N4O2/c1-9-3-4-10(5-14)8-17(9)12-7-15-6-11(16-12)13(18)19-2/h6-7,9-10H,3-5,8,14H2,1-2H3.